The van der Waals surface area contributed by atoms with Crippen molar-refractivity contribution in [2.75, 3.05) is 0 Å². The molecule has 0 bridgehead atoms. The van der Waals surface area contributed by atoms with Crippen molar-refractivity contribution in [3.63, 3.8) is 0 Å². The Labute approximate surface area is 162 Å². The number of Topliss-reactive ketones (excluding diaryl/α,β-unsaturated/α-hetero) is 1. The molecule has 144 valence electrons. The monoisotopic (exact) mass is 365 g/mol. The van der Waals surface area contributed by atoms with Crippen molar-refractivity contribution in [1.82, 2.24) is 0 Å². The van der Waals surface area contributed by atoms with Crippen LogP contribution in [0.5, 0.6) is 0 Å². The molecule has 5 aliphatic carbocycles. The average Bonchev–Trinajstić information content (AvgIpc) is 3.25. The summed E-state index contributed by atoms with van der Waals surface area (Å²) >= 11 is 0. The number of carbonyl (C=O) groups is 1. The molecule has 0 unspecified atom stereocenters. The van der Waals surface area contributed by atoms with Gasteiger partial charge in [-0.15, -0.1) is 0 Å². The van der Waals surface area contributed by atoms with E-state index in [0.717, 1.165) is 57.8 Å². The second kappa shape index (κ2) is 5.57. The van der Waals surface area contributed by atoms with Gasteiger partial charge in [-0.3, -0.25) is 0 Å². The molecular weight excluding hydrogens is 334 g/mol. The van der Waals surface area contributed by atoms with E-state index in [1.807, 2.05) is 0 Å². The maximum absolute atomic E-state index is 13.3. The number of hydrogen-bond donors (Lipinski definition) is 1. The Balaban J connectivity index is 1.63. The molecule has 0 heterocycles. The second-order valence-corrected chi connectivity index (χ2v) is 10.4. The summed E-state index contributed by atoms with van der Waals surface area (Å²) in [6, 6.07) is 0. The predicted molar refractivity (Wildman–Crippen MR) is 104 cm³/mol. The number of aliphatic hydroxyl groups is 1. The Morgan fingerprint density at radius 1 is 1.11 bits per heavy atom. The minimum Gasteiger partial charge on any atom is -0.393 e. The molecule has 1 N–H and O–H groups in total. The fourth-order valence-electron chi connectivity index (χ4n) is 8.18. The van der Waals surface area contributed by atoms with E-state index in [9.17, 15) is 9.90 Å². The molecule has 0 saturated heterocycles. The van der Waals surface area contributed by atoms with Crippen LogP contribution in [0.1, 0.15) is 71.6 Å². The summed E-state index contributed by atoms with van der Waals surface area (Å²) in [5, 5.41) is 10.6. The molecule has 27 heavy (non-hydrogen) atoms. The van der Waals surface area contributed by atoms with Crippen molar-refractivity contribution in [2.45, 2.75) is 77.7 Å². The molecular formula is C24H31NO2. The first kappa shape index (κ1) is 17.7. The van der Waals surface area contributed by atoms with Gasteiger partial charge in [-0.05, 0) is 68.1 Å². The summed E-state index contributed by atoms with van der Waals surface area (Å²) in [5.74, 6) is 1.75. The van der Waals surface area contributed by atoms with Gasteiger partial charge in [0.1, 0.15) is 0 Å². The molecule has 0 aromatic rings. The van der Waals surface area contributed by atoms with Gasteiger partial charge in [0.25, 0.3) is 0 Å². The largest absolute Gasteiger partial charge is 0.393 e. The average molecular weight is 366 g/mol. The van der Waals surface area contributed by atoms with Gasteiger partial charge in [-0.1, -0.05) is 44.4 Å². The van der Waals surface area contributed by atoms with Gasteiger partial charge in [0, 0.05) is 10.8 Å². The van der Waals surface area contributed by atoms with Gasteiger partial charge < -0.3 is 9.90 Å². The van der Waals surface area contributed by atoms with Crippen LogP contribution in [0, 0.1) is 40.6 Å². The summed E-state index contributed by atoms with van der Waals surface area (Å²) in [7, 11) is 0. The van der Waals surface area contributed by atoms with Crippen LogP contribution in [0.3, 0.4) is 0 Å². The van der Waals surface area contributed by atoms with Crippen LogP contribution in [0.4, 0.5) is 0 Å². The zero-order chi connectivity index (χ0) is 19.0. The maximum Gasteiger partial charge on any atom is 0.227 e. The lowest BCUT2D eigenvalue weighted by Gasteiger charge is -2.58. The number of rotatable bonds is 0. The molecule has 0 aromatic heterocycles. The van der Waals surface area contributed by atoms with Crippen LogP contribution in [0.2, 0.25) is 0 Å². The topological polar surface area (TPSA) is 41.7 Å². The summed E-state index contributed by atoms with van der Waals surface area (Å²) in [6.07, 6.45) is 13.7. The number of allylic oxidation sites excluding steroid dienone is 4. The third kappa shape index (κ3) is 2.03. The molecule has 3 nitrogen and oxygen atoms in total. The van der Waals surface area contributed by atoms with Gasteiger partial charge in [-0.2, -0.15) is 0 Å². The molecule has 3 heteroatoms. The van der Waals surface area contributed by atoms with E-state index in [-0.39, 0.29) is 28.1 Å². The highest BCUT2D eigenvalue weighted by atomic mass is 16.3. The smallest absolute Gasteiger partial charge is 0.227 e. The molecule has 0 radical (unpaired) electrons. The van der Waals surface area contributed by atoms with Crippen LogP contribution in [0.15, 0.2) is 23.4 Å². The van der Waals surface area contributed by atoms with E-state index in [4.69, 9.17) is 6.57 Å². The molecule has 0 amide bonds. The number of aliphatic hydroxyl groups excluding tert-OH is 1. The van der Waals surface area contributed by atoms with Crippen molar-refractivity contribution in [3.8, 4) is 0 Å². The first-order valence-corrected chi connectivity index (χ1v) is 10.9. The maximum atomic E-state index is 13.3. The quantitative estimate of drug-likeness (QED) is 0.481. The fraction of sp³-hybridized carbons (Fsp3) is 0.750. The molecule has 5 rings (SSSR count). The predicted octanol–water partition coefficient (Wildman–Crippen LogP) is 5.07. The number of ketones is 1. The summed E-state index contributed by atoms with van der Waals surface area (Å²) < 4.78 is 0. The highest BCUT2D eigenvalue weighted by molar-refractivity contribution is 6.05. The molecule has 1 spiro atoms. The van der Waals surface area contributed by atoms with Crippen molar-refractivity contribution < 1.29 is 9.90 Å². The molecule has 3 fully saturated rings. The van der Waals surface area contributed by atoms with E-state index < -0.39 is 0 Å². The van der Waals surface area contributed by atoms with E-state index >= 15 is 0 Å². The van der Waals surface area contributed by atoms with Crippen LogP contribution < -0.4 is 0 Å². The Kier molecular flexibility index (Phi) is 3.65. The van der Waals surface area contributed by atoms with Crippen LogP contribution in [-0.4, -0.2) is 17.0 Å². The number of nitrogens with zero attached hydrogens (tertiary/aromatic N) is 1. The molecule has 0 aliphatic heterocycles. The number of fused-ring (bicyclic) bond motifs is 6. The van der Waals surface area contributed by atoms with E-state index in [1.165, 1.54) is 5.57 Å². The van der Waals surface area contributed by atoms with Crippen molar-refractivity contribution in [1.29, 1.82) is 0 Å². The Morgan fingerprint density at radius 3 is 2.56 bits per heavy atom. The first-order chi connectivity index (χ1) is 12.9. The van der Waals surface area contributed by atoms with E-state index in [0.29, 0.717) is 23.5 Å². The van der Waals surface area contributed by atoms with Gasteiger partial charge >= 0.3 is 0 Å². The summed E-state index contributed by atoms with van der Waals surface area (Å²) in [4.78, 5) is 17.0. The third-order valence-electron chi connectivity index (χ3n) is 9.53. The normalized spacial score (nSPS) is 47.6. The Hall–Kier alpha value is -1.40. The Morgan fingerprint density at radius 2 is 1.85 bits per heavy atom. The van der Waals surface area contributed by atoms with Gasteiger partial charge in [-0.25, -0.2) is 4.85 Å². The van der Waals surface area contributed by atoms with Crippen LogP contribution in [-0.2, 0) is 4.79 Å². The van der Waals surface area contributed by atoms with Crippen molar-refractivity contribution in [3.05, 3.63) is 34.8 Å². The number of carbonyl (C=O) groups excluding carboxylic acids is 1. The molecule has 5 aliphatic rings. The van der Waals surface area contributed by atoms with E-state index in [2.05, 4.69) is 30.8 Å². The van der Waals surface area contributed by atoms with Crippen LogP contribution >= 0.6 is 0 Å². The van der Waals surface area contributed by atoms with Gasteiger partial charge in [0.15, 0.2) is 5.78 Å². The lowest BCUT2D eigenvalue weighted by Crippen LogP contribution is -2.53. The second-order valence-electron chi connectivity index (χ2n) is 10.4. The lowest BCUT2D eigenvalue weighted by atomic mass is 9.45. The third-order valence-corrected chi connectivity index (χ3v) is 9.53. The standard InChI is InChI=1S/C24H31NO2/c1-22-13-10-17-15(16(22)7-9-20(22)26)6-8-19-23(17,2)14-18(25-3)21(27)24(19)11-4-5-12-24/h8,14-17,20,26H,4-7,9-13H2,1-2H3/t15-,16-,17-,20-,22-,23+/m0/s1. The highest BCUT2D eigenvalue weighted by Crippen LogP contribution is 2.67. The Bertz CT molecular complexity index is 796. The zero-order valence-electron chi connectivity index (χ0n) is 16.6. The minimum absolute atomic E-state index is 0.0603. The number of hydrogen-bond acceptors (Lipinski definition) is 2. The zero-order valence-corrected chi connectivity index (χ0v) is 16.6. The summed E-state index contributed by atoms with van der Waals surface area (Å²) in [5.41, 5.74) is 1.27. The van der Waals surface area contributed by atoms with E-state index in [1.54, 1.807) is 0 Å². The van der Waals surface area contributed by atoms with Crippen molar-refractivity contribution in [2.24, 2.45) is 34.0 Å². The van der Waals surface area contributed by atoms with Crippen LogP contribution in [0.25, 0.3) is 4.85 Å². The van der Waals surface area contributed by atoms with Gasteiger partial charge in [0.2, 0.25) is 5.70 Å². The van der Waals surface area contributed by atoms with Gasteiger partial charge in [0.05, 0.1) is 12.7 Å². The fourth-order valence-corrected chi connectivity index (χ4v) is 8.18. The SMILES string of the molecule is [C-]#[N+]C1=C[C@@]2(C)C(=CC[C@H]3[C@@H]4CC[C@H](O)[C@@]4(C)CC[C@@H]32)C2(CCCC2)C1=O. The molecule has 6 atom stereocenters. The summed E-state index contributed by atoms with van der Waals surface area (Å²) in [6.45, 7) is 12.3. The lowest BCUT2D eigenvalue weighted by molar-refractivity contribution is -0.125. The highest BCUT2D eigenvalue weighted by Gasteiger charge is 2.62. The van der Waals surface area contributed by atoms with Crippen molar-refractivity contribution >= 4 is 5.78 Å². The first-order valence-electron chi connectivity index (χ1n) is 10.9. The molecule has 0 aromatic carbocycles. The minimum atomic E-state index is -0.385. The molecule has 3 saturated carbocycles.